The molecule has 0 radical (unpaired) electrons. The molecule has 1 amide bonds. The number of anilines is 1. The van der Waals surface area contributed by atoms with E-state index in [4.69, 9.17) is 9.47 Å². The van der Waals surface area contributed by atoms with Crippen LogP contribution in [-0.4, -0.2) is 39.9 Å². The zero-order valence-corrected chi connectivity index (χ0v) is 15.9. The number of carbonyl (C=O) groups excluding carboxylic acids is 2. The number of ether oxygens (including phenoxy) is 2. The van der Waals surface area contributed by atoms with E-state index in [2.05, 4.69) is 20.5 Å². The number of amides is 1. The van der Waals surface area contributed by atoms with Crippen molar-refractivity contribution in [2.45, 2.75) is 11.8 Å². The molecular weight excluding hydrogens is 380 g/mol. The van der Waals surface area contributed by atoms with Gasteiger partial charge in [0.05, 0.1) is 24.1 Å². The second-order valence-electron chi connectivity index (χ2n) is 5.54. The largest absolute Gasteiger partial charge is 0.486 e. The van der Waals surface area contributed by atoms with E-state index >= 15 is 0 Å². The van der Waals surface area contributed by atoms with Crippen molar-refractivity contribution in [3.63, 3.8) is 0 Å². The van der Waals surface area contributed by atoms with Gasteiger partial charge < -0.3 is 14.8 Å². The number of hydrogen-bond donors (Lipinski definition) is 2. The zero-order valence-electron chi connectivity index (χ0n) is 15.0. The van der Waals surface area contributed by atoms with E-state index in [9.17, 15) is 9.59 Å². The minimum atomic E-state index is -0.513. The highest BCUT2D eigenvalue weighted by Gasteiger charge is 2.14. The van der Waals surface area contributed by atoms with E-state index in [1.165, 1.54) is 18.9 Å². The number of methoxy groups -OCH3 is 1. The Kier molecular flexibility index (Phi) is 6.64. The number of esters is 1. The second-order valence-corrected chi connectivity index (χ2v) is 6.48. The maximum Gasteiger partial charge on any atom is 0.339 e. The predicted octanol–water partition coefficient (Wildman–Crippen LogP) is 2.90. The molecule has 3 aromatic rings. The molecule has 0 unspecified atom stereocenters. The number of aromatic amines is 1. The van der Waals surface area contributed by atoms with Crippen molar-refractivity contribution in [2.24, 2.45) is 0 Å². The first-order chi connectivity index (χ1) is 13.7. The van der Waals surface area contributed by atoms with Gasteiger partial charge in [0.2, 0.25) is 11.1 Å². The molecule has 0 spiro atoms. The number of aromatic nitrogens is 3. The van der Waals surface area contributed by atoms with Crippen LogP contribution in [0.2, 0.25) is 0 Å². The number of rotatable bonds is 8. The Labute approximate surface area is 165 Å². The first-order valence-corrected chi connectivity index (χ1v) is 9.33. The lowest BCUT2D eigenvalue weighted by Crippen LogP contribution is -2.17. The van der Waals surface area contributed by atoms with E-state index in [0.717, 1.165) is 5.75 Å². The monoisotopic (exact) mass is 398 g/mol. The zero-order chi connectivity index (χ0) is 19.8. The number of nitrogens with one attached hydrogen (secondary N) is 2. The quantitative estimate of drug-likeness (QED) is 0.444. The van der Waals surface area contributed by atoms with Gasteiger partial charge in [0.1, 0.15) is 12.4 Å². The average Bonchev–Trinajstić information content (AvgIpc) is 3.19. The molecule has 0 atom stereocenters. The van der Waals surface area contributed by atoms with Gasteiger partial charge in [-0.2, -0.15) is 0 Å². The first kappa shape index (κ1) is 19.4. The Morgan fingerprint density at radius 3 is 2.64 bits per heavy atom. The molecule has 0 aliphatic heterocycles. The molecule has 9 heteroatoms. The lowest BCUT2D eigenvalue weighted by molar-refractivity contribution is -0.113. The third-order valence-electron chi connectivity index (χ3n) is 3.57. The summed E-state index contributed by atoms with van der Waals surface area (Å²) in [5.41, 5.74) is 0.688. The van der Waals surface area contributed by atoms with Gasteiger partial charge in [-0.1, -0.05) is 42.1 Å². The van der Waals surface area contributed by atoms with Gasteiger partial charge in [-0.15, -0.1) is 5.10 Å². The smallest absolute Gasteiger partial charge is 0.339 e. The molecule has 8 nitrogen and oxygen atoms in total. The summed E-state index contributed by atoms with van der Waals surface area (Å²) < 4.78 is 10.3. The summed E-state index contributed by atoms with van der Waals surface area (Å²) >= 11 is 1.17. The third kappa shape index (κ3) is 5.34. The summed E-state index contributed by atoms with van der Waals surface area (Å²) in [5.74, 6) is 0.583. The minimum Gasteiger partial charge on any atom is -0.486 e. The Hall–Kier alpha value is -3.33. The average molecular weight is 398 g/mol. The molecule has 1 heterocycles. The molecule has 0 aliphatic carbocycles. The Morgan fingerprint density at radius 2 is 1.86 bits per heavy atom. The van der Waals surface area contributed by atoms with Crippen LogP contribution in [0, 0.1) is 0 Å². The molecule has 0 fully saturated rings. The van der Waals surface area contributed by atoms with Crippen molar-refractivity contribution >= 4 is 29.3 Å². The van der Waals surface area contributed by atoms with Crippen LogP contribution >= 0.6 is 11.8 Å². The molecular formula is C19H18N4O4S. The van der Waals surface area contributed by atoms with Crippen LogP contribution in [-0.2, 0) is 16.1 Å². The van der Waals surface area contributed by atoms with Crippen LogP contribution in [0.25, 0.3) is 0 Å². The second kappa shape index (κ2) is 9.56. The summed E-state index contributed by atoms with van der Waals surface area (Å²) in [7, 11) is 1.29. The number of carbonyl (C=O) groups is 2. The lowest BCUT2D eigenvalue weighted by atomic mass is 10.2. The Morgan fingerprint density at radius 1 is 1.11 bits per heavy atom. The highest BCUT2D eigenvalue weighted by Crippen LogP contribution is 2.18. The number of nitrogens with zero attached hydrogens (tertiary/aromatic N) is 2. The topological polar surface area (TPSA) is 106 Å². The van der Waals surface area contributed by atoms with Crippen LogP contribution in [0.5, 0.6) is 5.75 Å². The van der Waals surface area contributed by atoms with Crippen molar-refractivity contribution in [1.82, 2.24) is 15.2 Å². The number of para-hydroxylation sites is 2. The van der Waals surface area contributed by atoms with E-state index < -0.39 is 5.97 Å². The van der Waals surface area contributed by atoms with Crippen LogP contribution in [0.4, 0.5) is 5.69 Å². The molecule has 1 aromatic heterocycles. The van der Waals surface area contributed by atoms with Gasteiger partial charge in [0.25, 0.3) is 0 Å². The number of H-pyrrole nitrogens is 1. The molecule has 0 aliphatic rings. The highest BCUT2D eigenvalue weighted by molar-refractivity contribution is 7.99. The van der Waals surface area contributed by atoms with Gasteiger partial charge in [0, 0.05) is 0 Å². The standard InChI is InChI=1S/C19H18N4O4S/c1-26-18(25)14-9-5-6-10-15(14)20-17(24)12-28-19-21-16(22-23-19)11-27-13-7-3-2-4-8-13/h2-10H,11-12H2,1H3,(H,20,24)(H,21,22,23). The number of benzene rings is 2. The normalized spacial score (nSPS) is 10.3. The van der Waals surface area contributed by atoms with E-state index in [-0.39, 0.29) is 18.3 Å². The van der Waals surface area contributed by atoms with Gasteiger partial charge in [-0.05, 0) is 24.3 Å². The van der Waals surface area contributed by atoms with Crippen molar-refractivity contribution in [3.8, 4) is 5.75 Å². The Balaban J connectivity index is 1.50. The van der Waals surface area contributed by atoms with Crippen molar-refractivity contribution in [1.29, 1.82) is 0 Å². The van der Waals surface area contributed by atoms with E-state index in [1.807, 2.05) is 30.3 Å². The maximum atomic E-state index is 12.2. The molecule has 3 rings (SSSR count). The van der Waals surface area contributed by atoms with Gasteiger partial charge >= 0.3 is 5.97 Å². The van der Waals surface area contributed by atoms with Crippen LogP contribution in [0.1, 0.15) is 16.2 Å². The summed E-state index contributed by atoms with van der Waals surface area (Å²) in [6.45, 7) is 0.246. The SMILES string of the molecule is COC(=O)c1ccccc1NC(=O)CSc1n[nH]c(COc2ccccc2)n1. The summed E-state index contributed by atoms with van der Waals surface area (Å²) in [4.78, 5) is 28.2. The van der Waals surface area contributed by atoms with Crippen LogP contribution in [0.15, 0.2) is 59.8 Å². The number of thioether (sulfide) groups is 1. The highest BCUT2D eigenvalue weighted by atomic mass is 32.2. The lowest BCUT2D eigenvalue weighted by Gasteiger charge is -2.08. The van der Waals surface area contributed by atoms with E-state index in [0.29, 0.717) is 22.2 Å². The predicted molar refractivity (Wildman–Crippen MR) is 104 cm³/mol. The Bertz CT molecular complexity index is 946. The fraction of sp³-hybridized carbons (Fsp3) is 0.158. The molecule has 28 heavy (non-hydrogen) atoms. The third-order valence-corrected chi connectivity index (χ3v) is 4.42. The molecule has 2 aromatic carbocycles. The van der Waals surface area contributed by atoms with E-state index in [1.54, 1.807) is 24.3 Å². The van der Waals surface area contributed by atoms with Gasteiger partial charge in [0.15, 0.2) is 5.82 Å². The molecule has 0 saturated heterocycles. The molecule has 0 bridgehead atoms. The van der Waals surface area contributed by atoms with Crippen molar-refractivity contribution in [2.75, 3.05) is 18.2 Å². The van der Waals surface area contributed by atoms with Crippen molar-refractivity contribution < 1.29 is 19.1 Å². The number of hydrogen-bond acceptors (Lipinski definition) is 7. The van der Waals surface area contributed by atoms with Gasteiger partial charge in [-0.3, -0.25) is 9.89 Å². The summed E-state index contributed by atoms with van der Waals surface area (Å²) in [5, 5.41) is 9.97. The summed E-state index contributed by atoms with van der Waals surface area (Å²) in [6, 6.07) is 16.0. The van der Waals surface area contributed by atoms with Gasteiger partial charge in [-0.25, -0.2) is 9.78 Å². The van der Waals surface area contributed by atoms with Crippen LogP contribution < -0.4 is 10.1 Å². The van der Waals surface area contributed by atoms with Crippen LogP contribution in [0.3, 0.4) is 0 Å². The fourth-order valence-electron chi connectivity index (χ4n) is 2.27. The fourth-order valence-corrected chi connectivity index (χ4v) is 2.89. The first-order valence-electron chi connectivity index (χ1n) is 8.35. The summed E-state index contributed by atoms with van der Waals surface area (Å²) in [6.07, 6.45) is 0. The molecule has 2 N–H and O–H groups in total. The molecule has 144 valence electrons. The van der Waals surface area contributed by atoms with Crippen molar-refractivity contribution in [3.05, 3.63) is 66.0 Å². The maximum absolute atomic E-state index is 12.2. The minimum absolute atomic E-state index is 0.0896. The molecule has 0 saturated carbocycles.